The maximum absolute atomic E-state index is 14.7. The predicted octanol–water partition coefficient (Wildman–Crippen LogP) is 1.70. The molecule has 0 amide bonds. The number of hydrogen-bond acceptors (Lipinski definition) is 6. The molecule has 9 heteroatoms. The molecule has 7 nitrogen and oxygen atoms in total. The molecule has 0 saturated carbocycles. The van der Waals surface area contributed by atoms with Crippen LogP contribution in [0.15, 0.2) is 30.6 Å². The molecule has 1 unspecified atom stereocenters. The third kappa shape index (κ3) is 2.82. The highest BCUT2D eigenvalue weighted by molar-refractivity contribution is 6.28. The van der Waals surface area contributed by atoms with E-state index in [-0.39, 0.29) is 16.7 Å². The summed E-state index contributed by atoms with van der Waals surface area (Å²) in [4.78, 5) is 12.0. The molecule has 3 N–H and O–H groups in total. The molecule has 0 aliphatic carbocycles. The molecule has 25 heavy (non-hydrogen) atoms. The Morgan fingerprint density at radius 3 is 2.88 bits per heavy atom. The van der Waals surface area contributed by atoms with E-state index in [0.717, 1.165) is 5.56 Å². The van der Waals surface area contributed by atoms with Gasteiger partial charge in [-0.25, -0.2) is 9.37 Å². The van der Waals surface area contributed by atoms with Gasteiger partial charge in [0.25, 0.3) is 0 Å². The fourth-order valence-corrected chi connectivity index (χ4v) is 3.15. The van der Waals surface area contributed by atoms with Crippen LogP contribution in [0.4, 0.5) is 10.2 Å². The van der Waals surface area contributed by atoms with E-state index in [9.17, 15) is 9.50 Å². The van der Waals surface area contributed by atoms with Crippen molar-refractivity contribution in [3.8, 4) is 0 Å². The van der Waals surface area contributed by atoms with Crippen molar-refractivity contribution in [2.45, 2.75) is 31.0 Å². The third-order valence-electron chi connectivity index (χ3n) is 4.21. The first-order chi connectivity index (χ1) is 12.0. The van der Waals surface area contributed by atoms with Crippen LogP contribution in [-0.2, 0) is 11.2 Å². The van der Waals surface area contributed by atoms with Crippen molar-refractivity contribution in [3.05, 3.63) is 47.5 Å². The highest BCUT2D eigenvalue weighted by Crippen LogP contribution is 2.35. The van der Waals surface area contributed by atoms with Crippen molar-refractivity contribution in [2.75, 3.05) is 5.73 Å². The number of aliphatic hydroxyl groups excluding tert-OH is 1. The third-order valence-corrected chi connectivity index (χ3v) is 4.38. The molecule has 3 heterocycles. The number of fused-ring (bicyclic) bond motifs is 1. The first-order valence-electron chi connectivity index (χ1n) is 7.62. The van der Waals surface area contributed by atoms with Gasteiger partial charge in [-0.3, -0.25) is 4.57 Å². The summed E-state index contributed by atoms with van der Waals surface area (Å²) < 4.78 is 21.8. The van der Waals surface area contributed by atoms with Crippen LogP contribution >= 0.6 is 11.6 Å². The Morgan fingerprint density at radius 2 is 2.12 bits per heavy atom. The lowest BCUT2D eigenvalue weighted by Gasteiger charge is -2.15. The van der Waals surface area contributed by atoms with Gasteiger partial charge in [0.05, 0.1) is 12.4 Å². The summed E-state index contributed by atoms with van der Waals surface area (Å²) >= 11 is 5.83. The minimum atomic E-state index is -1.65. The molecule has 1 fully saturated rings. The molecule has 1 radical (unpaired) electrons. The molecule has 2 aromatic heterocycles. The van der Waals surface area contributed by atoms with Crippen LogP contribution in [0.2, 0.25) is 5.28 Å². The van der Waals surface area contributed by atoms with Crippen LogP contribution in [0.25, 0.3) is 11.2 Å². The number of aromatic nitrogens is 4. The van der Waals surface area contributed by atoms with Gasteiger partial charge in [0.15, 0.2) is 23.9 Å². The SMILES string of the molecule is Nc1nc(Cl)nc2c1ncn2C1O[C@H](Cc2cc[c]cc2)[C@@H](O)[C@@H]1F. The molecule has 0 spiro atoms. The van der Waals surface area contributed by atoms with Crippen molar-refractivity contribution >= 4 is 28.6 Å². The summed E-state index contributed by atoms with van der Waals surface area (Å²) in [6, 6.07) is 10.1. The zero-order chi connectivity index (χ0) is 17.6. The average Bonchev–Trinajstić information content (AvgIpc) is 3.12. The molecule has 3 aromatic rings. The second-order valence-corrected chi connectivity index (χ2v) is 6.15. The van der Waals surface area contributed by atoms with Gasteiger partial charge in [-0.2, -0.15) is 9.97 Å². The zero-order valence-electron chi connectivity index (χ0n) is 12.9. The fraction of sp³-hybridized carbons (Fsp3) is 0.312. The number of nitrogens with two attached hydrogens (primary N) is 1. The van der Waals surface area contributed by atoms with E-state index in [1.165, 1.54) is 10.9 Å². The van der Waals surface area contributed by atoms with Gasteiger partial charge in [0.1, 0.15) is 11.6 Å². The first-order valence-corrected chi connectivity index (χ1v) is 8.00. The largest absolute Gasteiger partial charge is 0.387 e. The summed E-state index contributed by atoms with van der Waals surface area (Å²) in [6.07, 6.45) is -2.97. The van der Waals surface area contributed by atoms with Gasteiger partial charge >= 0.3 is 0 Å². The molecule has 4 rings (SSSR count). The zero-order valence-corrected chi connectivity index (χ0v) is 13.6. The normalized spacial score (nSPS) is 26.4. The summed E-state index contributed by atoms with van der Waals surface area (Å²) in [5.41, 5.74) is 7.24. The highest BCUT2D eigenvalue weighted by Gasteiger charge is 2.45. The molecular formula is C16H14ClFN5O2. The number of anilines is 1. The van der Waals surface area contributed by atoms with Gasteiger partial charge in [-0.1, -0.05) is 24.3 Å². The lowest BCUT2D eigenvalue weighted by molar-refractivity contribution is -0.0220. The summed E-state index contributed by atoms with van der Waals surface area (Å²) in [5, 5.41) is 10.2. The number of nitrogens with zero attached hydrogens (tertiary/aromatic N) is 4. The summed E-state index contributed by atoms with van der Waals surface area (Å²) in [7, 11) is 0. The second-order valence-electron chi connectivity index (χ2n) is 5.81. The van der Waals surface area contributed by atoms with Crippen LogP contribution < -0.4 is 5.73 Å². The Bertz CT molecular complexity index is 906. The van der Waals surface area contributed by atoms with E-state index in [2.05, 4.69) is 21.0 Å². The number of nitrogen functional groups attached to an aromatic ring is 1. The van der Waals surface area contributed by atoms with Crippen molar-refractivity contribution in [1.29, 1.82) is 0 Å². The maximum atomic E-state index is 14.7. The van der Waals surface area contributed by atoms with Crippen LogP contribution in [0.5, 0.6) is 0 Å². The Morgan fingerprint density at radius 1 is 1.36 bits per heavy atom. The van der Waals surface area contributed by atoms with E-state index < -0.39 is 24.6 Å². The number of hydrogen-bond donors (Lipinski definition) is 2. The van der Waals surface area contributed by atoms with Crippen molar-refractivity contribution in [2.24, 2.45) is 0 Å². The molecular weight excluding hydrogens is 349 g/mol. The lowest BCUT2D eigenvalue weighted by atomic mass is 10.0. The smallest absolute Gasteiger partial charge is 0.226 e. The summed E-state index contributed by atoms with van der Waals surface area (Å²) in [6.45, 7) is 0. The highest BCUT2D eigenvalue weighted by atomic mass is 35.5. The Balaban J connectivity index is 1.65. The Hall–Kier alpha value is -2.29. The van der Waals surface area contributed by atoms with Gasteiger partial charge in [0.2, 0.25) is 5.28 Å². The second kappa shape index (κ2) is 6.21. The molecule has 1 aromatic carbocycles. The van der Waals surface area contributed by atoms with Gasteiger partial charge in [0, 0.05) is 6.42 Å². The van der Waals surface area contributed by atoms with Crippen molar-refractivity contribution < 1.29 is 14.2 Å². The molecule has 1 aliphatic heterocycles. The van der Waals surface area contributed by atoms with Crippen LogP contribution in [0, 0.1) is 6.07 Å². The quantitative estimate of drug-likeness (QED) is 0.688. The van der Waals surface area contributed by atoms with E-state index in [0.29, 0.717) is 11.9 Å². The number of imidazole rings is 1. The molecule has 129 valence electrons. The first kappa shape index (κ1) is 16.2. The summed E-state index contributed by atoms with van der Waals surface area (Å²) in [5.74, 6) is 0.0970. The topological polar surface area (TPSA) is 99.1 Å². The predicted molar refractivity (Wildman–Crippen MR) is 88.5 cm³/mol. The van der Waals surface area contributed by atoms with Gasteiger partial charge < -0.3 is 15.6 Å². The minimum Gasteiger partial charge on any atom is -0.387 e. The van der Waals surface area contributed by atoms with Gasteiger partial charge in [-0.05, 0) is 23.2 Å². The number of alkyl halides is 1. The molecule has 1 aliphatic rings. The number of ether oxygens (including phenoxy) is 1. The monoisotopic (exact) mass is 362 g/mol. The lowest BCUT2D eigenvalue weighted by Crippen LogP contribution is -2.29. The Labute approximate surface area is 147 Å². The van der Waals surface area contributed by atoms with Crippen molar-refractivity contribution in [1.82, 2.24) is 19.5 Å². The fourth-order valence-electron chi connectivity index (χ4n) is 2.98. The Kier molecular flexibility index (Phi) is 4.03. The van der Waals surface area contributed by atoms with E-state index in [4.69, 9.17) is 22.1 Å². The average molecular weight is 363 g/mol. The number of halogens is 2. The standard InChI is InChI=1S/C16H14ClFN5O2/c17-16-21-13(19)11-14(22-16)23(7-20-11)15-10(18)12(24)9(25-15)6-8-4-2-1-3-5-8/h2-5,7,9-10,12,15,24H,6H2,(H2,19,21,22)/t9-,10+,12-,15?/m1/s1. The maximum Gasteiger partial charge on any atom is 0.226 e. The van der Waals surface area contributed by atoms with Gasteiger partial charge in [-0.15, -0.1) is 0 Å². The van der Waals surface area contributed by atoms with Crippen LogP contribution in [-0.4, -0.2) is 43.0 Å². The van der Waals surface area contributed by atoms with Crippen LogP contribution in [0.3, 0.4) is 0 Å². The molecule has 0 bridgehead atoms. The molecule has 1 saturated heterocycles. The van der Waals surface area contributed by atoms with E-state index in [1.807, 2.05) is 12.1 Å². The number of rotatable bonds is 3. The van der Waals surface area contributed by atoms with Crippen LogP contribution in [0.1, 0.15) is 11.8 Å². The van der Waals surface area contributed by atoms with E-state index in [1.54, 1.807) is 12.1 Å². The minimum absolute atomic E-state index is 0.0715. The van der Waals surface area contributed by atoms with E-state index >= 15 is 0 Å². The van der Waals surface area contributed by atoms with Crippen molar-refractivity contribution in [3.63, 3.8) is 0 Å². The molecule has 4 atom stereocenters. The number of benzene rings is 1. The number of aliphatic hydroxyl groups is 1.